The van der Waals surface area contributed by atoms with E-state index in [1.54, 1.807) is 24.3 Å². The van der Waals surface area contributed by atoms with Gasteiger partial charge in [0.1, 0.15) is 17.6 Å². The van der Waals surface area contributed by atoms with E-state index >= 15 is 0 Å². The molecule has 1 aliphatic heterocycles. The molecule has 0 radical (unpaired) electrons. The first-order valence-corrected chi connectivity index (χ1v) is 8.68. The van der Waals surface area contributed by atoms with Gasteiger partial charge in [0, 0.05) is 30.8 Å². The maximum Gasteiger partial charge on any atom is 0.254 e. The molecule has 1 heterocycles. The Morgan fingerprint density at radius 1 is 1.33 bits per heavy atom. The van der Waals surface area contributed by atoms with E-state index in [2.05, 4.69) is 5.32 Å². The molecule has 0 spiro atoms. The Morgan fingerprint density at radius 3 is 2.89 bits per heavy atom. The van der Waals surface area contributed by atoms with Crippen molar-refractivity contribution in [2.45, 2.75) is 12.5 Å². The van der Waals surface area contributed by atoms with E-state index in [0.717, 1.165) is 0 Å². The zero-order valence-electron chi connectivity index (χ0n) is 14.9. The molecule has 2 aromatic rings. The van der Waals surface area contributed by atoms with Gasteiger partial charge in [0.15, 0.2) is 0 Å². The van der Waals surface area contributed by atoms with Crippen LogP contribution in [-0.2, 0) is 4.79 Å². The van der Waals surface area contributed by atoms with Crippen LogP contribution in [0.2, 0.25) is 0 Å². The van der Waals surface area contributed by atoms with E-state index in [0.29, 0.717) is 35.5 Å². The minimum absolute atomic E-state index is 0.176. The van der Waals surface area contributed by atoms with Crippen molar-refractivity contribution in [3.8, 4) is 16.9 Å². The smallest absolute Gasteiger partial charge is 0.254 e. The third-order valence-electron chi connectivity index (χ3n) is 4.58. The molecule has 1 fully saturated rings. The number of ether oxygens (including phenoxy) is 1. The molecule has 7 heteroatoms. The molecule has 2 amide bonds. The highest BCUT2D eigenvalue weighted by Gasteiger charge is 2.33. The number of methoxy groups -OCH3 is 1. The minimum atomic E-state index is -0.705. The van der Waals surface area contributed by atoms with Gasteiger partial charge in [-0.3, -0.25) is 9.59 Å². The van der Waals surface area contributed by atoms with E-state index in [9.17, 15) is 19.1 Å². The molecule has 1 atom stereocenters. The summed E-state index contributed by atoms with van der Waals surface area (Å²) >= 11 is 0. The van der Waals surface area contributed by atoms with E-state index in [-0.39, 0.29) is 24.8 Å². The summed E-state index contributed by atoms with van der Waals surface area (Å²) in [7, 11) is 1.50. The molecule has 0 aromatic heterocycles. The van der Waals surface area contributed by atoms with Crippen LogP contribution in [0.1, 0.15) is 16.8 Å². The maximum atomic E-state index is 13.7. The Kier molecular flexibility index (Phi) is 5.71. The van der Waals surface area contributed by atoms with Crippen LogP contribution < -0.4 is 10.1 Å². The van der Waals surface area contributed by atoms with Crippen LogP contribution in [0.25, 0.3) is 11.1 Å². The lowest BCUT2D eigenvalue weighted by atomic mass is 10.0. The topological polar surface area (TPSA) is 78.9 Å². The number of rotatable bonds is 5. The first kappa shape index (κ1) is 18.8. The quantitative estimate of drug-likeness (QED) is 0.839. The van der Waals surface area contributed by atoms with E-state index in [4.69, 9.17) is 4.74 Å². The summed E-state index contributed by atoms with van der Waals surface area (Å²) in [6, 6.07) is 10.3. The normalized spacial score (nSPS) is 16.8. The van der Waals surface area contributed by atoms with Crippen molar-refractivity contribution in [2.75, 3.05) is 26.8 Å². The van der Waals surface area contributed by atoms with Crippen LogP contribution in [0.15, 0.2) is 42.5 Å². The average Bonchev–Trinajstić information content (AvgIpc) is 2.69. The van der Waals surface area contributed by atoms with Gasteiger partial charge in [-0.15, -0.1) is 0 Å². The van der Waals surface area contributed by atoms with E-state index in [1.807, 2.05) is 0 Å². The molecule has 2 aromatic carbocycles. The molecule has 3 rings (SSSR count). The van der Waals surface area contributed by atoms with Crippen LogP contribution in [0, 0.1) is 5.82 Å². The first-order chi connectivity index (χ1) is 13.0. The minimum Gasteiger partial charge on any atom is -0.496 e. The lowest BCUT2D eigenvalue weighted by molar-refractivity contribution is -0.128. The molecule has 0 aliphatic carbocycles. The summed E-state index contributed by atoms with van der Waals surface area (Å²) in [5.74, 6) is -0.484. The van der Waals surface area contributed by atoms with Gasteiger partial charge in [-0.05, 0) is 42.3 Å². The highest BCUT2D eigenvalue weighted by Crippen LogP contribution is 2.31. The predicted octanol–water partition coefficient (Wildman–Crippen LogP) is 1.82. The lowest BCUT2D eigenvalue weighted by Gasteiger charge is -2.35. The van der Waals surface area contributed by atoms with Crippen LogP contribution in [0.5, 0.6) is 5.75 Å². The third-order valence-corrected chi connectivity index (χ3v) is 4.58. The van der Waals surface area contributed by atoms with Crippen molar-refractivity contribution in [1.82, 2.24) is 10.2 Å². The van der Waals surface area contributed by atoms with Crippen molar-refractivity contribution in [1.29, 1.82) is 0 Å². The fourth-order valence-electron chi connectivity index (χ4n) is 3.26. The summed E-state index contributed by atoms with van der Waals surface area (Å²) in [6.45, 7) is 0.537. The van der Waals surface area contributed by atoms with Gasteiger partial charge in [-0.2, -0.15) is 0 Å². The fraction of sp³-hybridized carbons (Fsp3) is 0.300. The zero-order chi connectivity index (χ0) is 19.4. The number of hydrogen-bond acceptors (Lipinski definition) is 4. The van der Waals surface area contributed by atoms with Crippen LogP contribution in [0.4, 0.5) is 4.39 Å². The molecule has 142 valence electrons. The number of nitrogens with zero attached hydrogens (tertiary/aromatic N) is 1. The van der Waals surface area contributed by atoms with Crippen molar-refractivity contribution >= 4 is 11.8 Å². The number of amides is 2. The van der Waals surface area contributed by atoms with Gasteiger partial charge in [0.25, 0.3) is 5.91 Å². The zero-order valence-corrected chi connectivity index (χ0v) is 14.9. The Labute approximate surface area is 156 Å². The first-order valence-electron chi connectivity index (χ1n) is 8.68. The Bertz CT molecular complexity index is 856. The largest absolute Gasteiger partial charge is 0.496 e. The molecule has 1 saturated heterocycles. The highest BCUT2D eigenvalue weighted by atomic mass is 19.1. The molecule has 0 bridgehead atoms. The van der Waals surface area contributed by atoms with Crippen molar-refractivity contribution in [3.63, 3.8) is 0 Å². The second kappa shape index (κ2) is 8.18. The molecule has 0 saturated carbocycles. The molecule has 27 heavy (non-hydrogen) atoms. The number of carbonyl (C=O) groups excluding carboxylic acids is 2. The number of halogens is 1. The number of carbonyl (C=O) groups is 2. The standard InChI is InChI=1S/C20H21FN2O4/c1-27-18-6-5-15(21)12-16(18)13-3-2-4-14(11-13)20(26)23-9-8-22-19(25)17(23)7-10-24/h2-6,11-12,17,24H,7-10H2,1H3,(H,22,25)/t17-/m1/s1. The monoisotopic (exact) mass is 372 g/mol. The number of nitrogens with one attached hydrogen (secondary N) is 1. The number of piperazine rings is 1. The van der Waals surface area contributed by atoms with Gasteiger partial charge in [0.05, 0.1) is 7.11 Å². The number of benzene rings is 2. The molecule has 0 unspecified atom stereocenters. The predicted molar refractivity (Wildman–Crippen MR) is 97.9 cm³/mol. The second-order valence-electron chi connectivity index (χ2n) is 6.24. The molecule has 2 N–H and O–H groups in total. The van der Waals surface area contributed by atoms with Crippen LogP contribution in [-0.4, -0.2) is 54.7 Å². The molecular formula is C20H21FN2O4. The Hall–Kier alpha value is -2.93. The molecular weight excluding hydrogens is 351 g/mol. The summed E-state index contributed by atoms with van der Waals surface area (Å²) < 4.78 is 19.0. The summed E-state index contributed by atoms with van der Waals surface area (Å²) in [6.07, 6.45) is 0.176. The average molecular weight is 372 g/mol. The van der Waals surface area contributed by atoms with E-state index < -0.39 is 11.9 Å². The number of aliphatic hydroxyl groups is 1. The SMILES string of the molecule is COc1ccc(F)cc1-c1cccc(C(=O)N2CCNC(=O)[C@H]2CCO)c1. The van der Waals surface area contributed by atoms with E-state index in [1.165, 1.54) is 30.2 Å². The second-order valence-corrected chi connectivity index (χ2v) is 6.24. The van der Waals surface area contributed by atoms with Gasteiger partial charge in [-0.1, -0.05) is 12.1 Å². The number of hydrogen-bond donors (Lipinski definition) is 2. The molecule has 6 nitrogen and oxygen atoms in total. The van der Waals surface area contributed by atoms with Crippen molar-refractivity contribution in [2.24, 2.45) is 0 Å². The van der Waals surface area contributed by atoms with Crippen LogP contribution >= 0.6 is 0 Å². The van der Waals surface area contributed by atoms with Gasteiger partial charge in [-0.25, -0.2) is 4.39 Å². The summed E-state index contributed by atoms with van der Waals surface area (Å²) in [5, 5.41) is 11.9. The highest BCUT2D eigenvalue weighted by molar-refractivity contribution is 5.99. The Balaban J connectivity index is 1.94. The van der Waals surface area contributed by atoms with Crippen molar-refractivity contribution < 1.29 is 23.8 Å². The summed E-state index contributed by atoms with van der Waals surface area (Å²) in [4.78, 5) is 26.5. The van der Waals surface area contributed by atoms with Gasteiger partial charge in [0.2, 0.25) is 5.91 Å². The molecule has 1 aliphatic rings. The van der Waals surface area contributed by atoms with Crippen LogP contribution in [0.3, 0.4) is 0 Å². The van der Waals surface area contributed by atoms with Gasteiger partial charge >= 0.3 is 0 Å². The summed E-state index contributed by atoms with van der Waals surface area (Å²) in [5.41, 5.74) is 1.56. The number of aliphatic hydroxyl groups excluding tert-OH is 1. The Morgan fingerprint density at radius 2 is 2.15 bits per heavy atom. The lowest BCUT2D eigenvalue weighted by Crippen LogP contribution is -2.57. The fourth-order valence-corrected chi connectivity index (χ4v) is 3.26. The maximum absolute atomic E-state index is 13.7. The third kappa shape index (κ3) is 3.93. The van der Waals surface area contributed by atoms with Crippen molar-refractivity contribution in [3.05, 3.63) is 53.8 Å². The van der Waals surface area contributed by atoms with Gasteiger partial charge < -0.3 is 20.1 Å².